The summed E-state index contributed by atoms with van der Waals surface area (Å²) in [6.45, 7) is 2.75. The highest BCUT2D eigenvalue weighted by molar-refractivity contribution is 7.10. The first-order valence-electron chi connectivity index (χ1n) is 8.18. The van der Waals surface area contributed by atoms with Crippen LogP contribution in [0.4, 0.5) is 0 Å². The van der Waals surface area contributed by atoms with Crippen molar-refractivity contribution in [1.29, 1.82) is 0 Å². The standard InChI is InChI=1S/C19H18N2O2S/c1-2-16-13-8-10-24-17(13)7-9-21(16)19(23)14-11-20-15-6-4-3-5-12(15)18(14)22/h3-6,8,10-11,16H,2,7,9H2,1H3,(H,20,22)/t16-/m1/s1. The van der Waals surface area contributed by atoms with E-state index >= 15 is 0 Å². The number of pyridine rings is 1. The van der Waals surface area contributed by atoms with Crippen LogP contribution in [0.15, 0.2) is 46.7 Å². The average Bonchev–Trinajstić information content (AvgIpc) is 3.09. The second kappa shape index (κ2) is 5.91. The first kappa shape index (κ1) is 15.1. The molecule has 1 aliphatic rings. The zero-order valence-corrected chi connectivity index (χ0v) is 14.2. The number of thiophene rings is 1. The van der Waals surface area contributed by atoms with E-state index in [-0.39, 0.29) is 22.9 Å². The number of fused-ring (bicyclic) bond motifs is 2. The van der Waals surface area contributed by atoms with E-state index in [1.807, 2.05) is 23.1 Å². The maximum absolute atomic E-state index is 13.1. The number of hydrogen-bond acceptors (Lipinski definition) is 3. The molecule has 24 heavy (non-hydrogen) atoms. The largest absolute Gasteiger partial charge is 0.360 e. The Hall–Kier alpha value is -2.40. The fourth-order valence-corrected chi connectivity index (χ4v) is 4.49. The molecule has 1 amide bonds. The van der Waals surface area contributed by atoms with Gasteiger partial charge in [-0.1, -0.05) is 19.1 Å². The number of para-hydroxylation sites is 1. The third kappa shape index (κ3) is 2.27. The molecule has 4 rings (SSSR count). The third-order valence-corrected chi connectivity index (χ3v) is 5.76. The Morgan fingerprint density at radius 3 is 3.00 bits per heavy atom. The Balaban J connectivity index is 1.77. The molecule has 0 unspecified atom stereocenters. The van der Waals surface area contributed by atoms with Gasteiger partial charge in [0.25, 0.3) is 5.91 Å². The van der Waals surface area contributed by atoms with Crippen molar-refractivity contribution in [2.24, 2.45) is 0 Å². The highest BCUT2D eigenvalue weighted by Gasteiger charge is 2.32. The molecule has 0 saturated heterocycles. The lowest BCUT2D eigenvalue weighted by Crippen LogP contribution is -2.41. The fraction of sp³-hybridized carbons (Fsp3) is 0.263. The number of carbonyl (C=O) groups excluding carboxylic acids is 1. The molecular weight excluding hydrogens is 320 g/mol. The van der Waals surface area contributed by atoms with Gasteiger partial charge in [-0.25, -0.2) is 0 Å². The topological polar surface area (TPSA) is 53.2 Å². The van der Waals surface area contributed by atoms with Crippen LogP contribution in [0, 0.1) is 0 Å². The number of nitrogens with one attached hydrogen (secondary N) is 1. The summed E-state index contributed by atoms with van der Waals surface area (Å²) in [5.74, 6) is -0.175. The molecule has 122 valence electrons. The predicted octanol–water partition coefficient (Wildman–Crippen LogP) is 3.74. The first-order chi connectivity index (χ1) is 11.7. The summed E-state index contributed by atoms with van der Waals surface area (Å²) in [5.41, 5.74) is 2.02. The molecule has 0 bridgehead atoms. The van der Waals surface area contributed by atoms with Gasteiger partial charge < -0.3 is 9.88 Å². The highest BCUT2D eigenvalue weighted by atomic mass is 32.1. The van der Waals surface area contributed by atoms with Gasteiger partial charge in [0.1, 0.15) is 5.56 Å². The maximum Gasteiger partial charge on any atom is 0.259 e. The molecule has 1 aliphatic heterocycles. The quantitative estimate of drug-likeness (QED) is 0.774. The number of H-pyrrole nitrogens is 1. The summed E-state index contributed by atoms with van der Waals surface area (Å²) >= 11 is 1.75. The molecule has 2 aromatic heterocycles. The number of rotatable bonds is 2. The van der Waals surface area contributed by atoms with Crippen molar-refractivity contribution in [3.8, 4) is 0 Å². The minimum Gasteiger partial charge on any atom is -0.360 e. The van der Waals surface area contributed by atoms with Crippen LogP contribution in [0.5, 0.6) is 0 Å². The molecule has 1 atom stereocenters. The first-order valence-corrected chi connectivity index (χ1v) is 9.06. The number of hydrogen-bond donors (Lipinski definition) is 1. The van der Waals surface area contributed by atoms with Crippen LogP contribution in [0.2, 0.25) is 0 Å². The predicted molar refractivity (Wildman–Crippen MR) is 96.7 cm³/mol. The number of carbonyl (C=O) groups is 1. The Labute approximate surface area is 143 Å². The summed E-state index contributed by atoms with van der Waals surface area (Å²) in [7, 11) is 0. The van der Waals surface area contributed by atoms with E-state index in [4.69, 9.17) is 0 Å². The molecule has 0 radical (unpaired) electrons. The summed E-state index contributed by atoms with van der Waals surface area (Å²) in [5, 5.41) is 2.65. The van der Waals surface area contributed by atoms with Crippen LogP contribution in [-0.4, -0.2) is 22.3 Å². The molecular formula is C19H18N2O2S. The van der Waals surface area contributed by atoms with Gasteiger partial charge in [-0.05, 0) is 42.0 Å². The van der Waals surface area contributed by atoms with Gasteiger partial charge in [-0.15, -0.1) is 11.3 Å². The van der Waals surface area contributed by atoms with Crippen LogP contribution in [-0.2, 0) is 6.42 Å². The molecule has 0 fully saturated rings. The summed E-state index contributed by atoms with van der Waals surface area (Å²) in [6, 6.07) is 9.46. The number of benzene rings is 1. The van der Waals surface area contributed by atoms with E-state index in [1.165, 1.54) is 10.4 Å². The minimum absolute atomic E-state index is 0.0540. The van der Waals surface area contributed by atoms with Gasteiger partial charge in [0.2, 0.25) is 5.43 Å². The van der Waals surface area contributed by atoms with Crippen molar-refractivity contribution >= 4 is 28.1 Å². The normalized spacial score (nSPS) is 17.0. The Morgan fingerprint density at radius 1 is 1.33 bits per heavy atom. The summed E-state index contributed by atoms with van der Waals surface area (Å²) in [6.07, 6.45) is 3.27. The van der Waals surface area contributed by atoms with Crippen LogP contribution < -0.4 is 5.43 Å². The van der Waals surface area contributed by atoms with Crippen molar-refractivity contribution < 1.29 is 4.79 Å². The van der Waals surface area contributed by atoms with Crippen molar-refractivity contribution in [2.75, 3.05) is 6.54 Å². The summed E-state index contributed by atoms with van der Waals surface area (Å²) in [4.78, 5) is 32.1. The zero-order chi connectivity index (χ0) is 16.7. The van der Waals surface area contributed by atoms with E-state index in [9.17, 15) is 9.59 Å². The second-order valence-electron chi connectivity index (χ2n) is 6.05. The number of nitrogens with zero attached hydrogens (tertiary/aromatic N) is 1. The average molecular weight is 338 g/mol. The zero-order valence-electron chi connectivity index (χ0n) is 13.4. The monoisotopic (exact) mass is 338 g/mol. The Kier molecular flexibility index (Phi) is 3.73. The van der Waals surface area contributed by atoms with Crippen molar-refractivity contribution in [2.45, 2.75) is 25.8 Å². The van der Waals surface area contributed by atoms with Gasteiger partial charge in [0, 0.05) is 28.5 Å². The van der Waals surface area contributed by atoms with Gasteiger partial charge in [-0.2, -0.15) is 0 Å². The van der Waals surface area contributed by atoms with Crippen LogP contribution >= 0.6 is 11.3 Å². The molecule has 0 saturated carbocycles. The van der Waals surface area contributed by atoms with Crippen molar-refractivity contribution in [3.05, 3.63) is 68.1 Å². The number of aromatic nitrogens is 1. The molecule has 1 aromatic carbocycles. The Bertz CT molecular complexity index is 973. The molecule has 4 nitrogen and oxygen atoms in total. The maximum atomic E-state index is 13.1. The van der Waals surface area contributed by atoms with Crippen molar-refractivity contribution in [1.82, 2.24) is 9.88 Å². The lowest BCUT2D eigenvalue weighted by atomic mass is 9.97. The van der Waals surface area contributed by atoms with Crippen LogP contribution in [0.25, 0.3) is 10.9 Å². The lowest BCUT2D eigenvalue weighted by Gasteiger charge is -2.35. The van der Waals surface area contributed by atoms with Gasteiger partial charge in [0.15, 0.2) is 0 Å². The second-order valence-corrected chi connectivity index (χ2v) is 7.05. The van der Waals surface area contributed by atoms with Crippen LogP contribution in [0.3, 0.4) is 0 Å². The third-order valence-electron chi connectivity index (χ3n) is 4.76. The molecule has 0 spiro atoms. The van der Waals surface area contributed by atoms with E-state index in [0.29, 0.717) is 11.9 Å². The Morgan fingerprint density at radius 2 is 2.17 bits per heavy atom. The SMILES string of the molecule is CC[C@@H]1c2ccsc2CCN1C(=O)c1c[nH]c2ccccc2c1=O. The summed E-state index contributed by atoms with van der Waals surface area (Å²) < 4.78 is 0. The van der Waals surface area contributed by atoms with E-state index in [1.54, 1.807) is 23.6 Å². The van der Waals surface area contributed by atoms with Gasteiger partial charge in [0.05, 0.1) is 6.04 Å². The fourth-order valence-electron chi connectivity index (χ4n) is 3.56. The number of aromatic amines is 1. The molecule has 3 aromatic rings. The van der Waals surface area contributed by atoms with E-state index < -0.39 is 0 Å². The molecule has 3 heterocycles. The molecule has 1 N–H and O–H groups in total. The van der Waals surface area contributed by atoms with Crippen molar-refractivity contribution in [3.63, 3.8) is 0 Å². The highest BCUT2D eigenvalue weighted by Crippen LogP contribution is 2.35. The van der Waals surface area contributed by atoms with Gasteiger partial charge >= 0.3 is 0 Å². The molecule has 0 aliphatic carbocycles. The van der Waals surface area contributed by atoms with Gasteiger partial charge in [-0.3, -0.25) is 9.59 Å². The minimum atomic E-state index is -0.194. The van der Waals surface area contributed by atoms with E-state index in [2.05, 4.69) is 23.4 Å². The smallest absolute Gasteiger partial charge is 0.259 e. The van der Waals surface area contributed by atoms with E-state index in [0.717, 1.165) is 18.4 Å². The molecule has 5 heteroatoms. The number of amides is 1. The van der Waals surface area contributed by atoms with Crippen LogP contribution in [0.1, 0.15) is 40.2 Å². The lowest BCUT2D eigenvalue weighted by molar-refractivity contribution is 0.0656.